The minimum Gasteiger partial charge on any atom is -0.481 e. The maximum Gasteiger partial charge on any atom is 0.306 e. The van der Waals surface area contributed by atoms with Crippen LogP contribution in [0, 0.1) is 0 Å². The lowest BCUT2D eigenvalue weighted by Crippen LogP contribution is -2.20. The molecule has 1 amide bonds. The number of esters is 1. The largest absolute Gasteiger partial charge is 0.481 e. The third kappa shape index (κ3) is 10.4. The van der Waals surface area contributed by atoms with Gasteiger partial charge in [-0.25, -0.2) is 4.98 Å². The Morgan fingerprint density at radius 3 is 2.47 bits per heavy atom. The molecule has 0 aliphatic heterocycles. The normalized spacial score (nSPS) is 12.0. The molecule has 0 spiro atoms. The Kier molecular flexibility index (Phi) is 12.0. The van der Waals surface area contributed by atoms with E-state index >= 15 is 0 Å². The summed E-state index contributed by atoms with van der Waals surface area (Å²) in [6, 6.07) is 17.8. The Morgan fingerprint density at radius 2 is 1.74 bits per heavy atom. The van der Waals surface area contributed by atoms with Crippen molar-refractivity contribution in [2.45, 2.75) is 30.3 Å². The number of benzene rings is 2. The van der Waals surface area contributed by atoms with E-state index in [1.807, 2.05) is 54.6 Å². The molecule has 0 radical (unpaired) electrons. The number of primary amides is 1. The molecule has 1 heterocycles. The third-order valence-corrected chi connectivity index (χ3v) is 8.53. The first kappa shape index (κ1) is 29.5. The third-order valence-electron chi connectivity index (χ3n) is 5.28. The van der Waals surface area contributed by atoms with Crippen LogP contribution in [0.3, 0.4) is 0 Å². The highest BCUT2D eigenvalue weighted by Crippen LogP contribution is 2.40. The lowest BCUT2D eigenvalue weighted by atomic mass is 10.1. The molecule has 1 unspecified atom stereocenters. The topological polar surface area (TPSA) is 120 Å². The lowest BCUT2D eigenvalue weighted by molar-refractivity contribution is -0.147. The van der Waals surface area contributed by atoms with E-state index in [4.69, 9.17) is 27.2 Å². The highest BCUT2D eigenvalue weighted by atomic mass is 35.5. The van der Waals surface area contributed by atoms with E-state index in [0.29, 0.717) is 29.4 Å². The Hall–Kier alpha value is -3.01. The predicted molar refractivity (Wildman–Crippen MR) is 156 cm³/mol. The van der Waals surface area contributed by atoms with Gasteiger partial charge in [-0.2, -0.15) is 0 Å². The number of carboxylic acid groups (broad SMARTS) is 1. The van der Waals surface area contributed by atoms with Crippen molar-refractivity contribution in [3.8, 4) is 0 Å². The number of fused-ring (bicyclic) bond motifs is 1. The molecule has 1 atom stereocenters. The molecule has 3 rings (SSSR count). The van der Waals surface area contributed by atoms with Gasteiger partial charge in [-0.05, 0) is 65.8 Å². The number of hydrogen-bond donors (Lipinski definition) is 2. The SMILES string of the molecule is NC(=O)COC(=O)CCCSC(SCCCC(=O)O)c1cccc(C=Cc2ccc3ccc(Cl)cc3n2)c1. The Balaban J connectivity index is 1.65. The number of halogens is 1. The summed E-state index contributed by atoms with van der Waals surface area (Å²) in [5.74, 6) is -0.534. The number of pyridine rings is 1. The zero-order chi connectivity index (χ0) is 27.3. The van der Waals surface area contributed by atoms with Crippen LogP contribution in [0.1, 0.15) is 47.1 Å². The zero-order valence-electron chi connectivity index (χ0n) is 20.7. The van der Waals surface area contributed by atoms with Crippen LogP contribution in [0.15, 0.2) is 54.6 Å². The van der Waals surface area contributed by atoms with Crippen LogP contribution in [0.2, 0.25) is 5.02 Å². The van der Waals surface area contributed by atoms with Crippen molar-refractivity contribution < 1.29 is 24.2 Å². The number of amides is 1. The molecular formula is C28H29ClN2O5S2. The fourth-order valence-electron chi connectivity index (χ4n) is 3.47. The molecule has 0 bridgehead atoms. The van der Waals surface area contributed by atoms with Crippen LogP contribution in [-0.4, -0.2) is 46.0 Å². The molecule has 0 saturated heterocycles. The molecule has 0 aliphatic rings. The number of carbonyl (C=O) groups excluding carboxylic acids is 2. The summed E-state index contributed by atoms with van der Waals surface area (Å²) in [5, 5.41) is 10.6. The number of thioether (sulfide) groups is 2. The number of carboxylic acids is 1. The Morgan fingerprint density at radius 1 is 1.00 bits per heavy atom. The van der Waals surface area contributed by atoms with Gasteiger partial charge in [0.2, 0.25) is 0 Å². The van der Waals surface area contributed by atoms with Crippen molar-refractivity contribution in [1.29, 1.82) is 0 Å². The number of aromatic nitrogens is 1. The van der Waals surface area contributed by atoms with Gasteiger partial charge in [0.1, 0.15) is 0 Å². The molecule has 7 nitrogen and oxygen atoms in total. The highest BCUT2D eigenvalue weighted by molar-refractivity contribution is 8.16. The van der Waals surface area contributed by atoms with Crippen molar-refractivity contribution in [2.24, 2.45) is 5.73 Å². The molecule has 3 N–H and O–H groups in total. The number of aliphatic carboxylic acids is 1. The van der Waals surface area contributed by atoms with Crippen LogP contribution < -0.4 is 5.73 Å². The Labute approximate surface area is 235 Å². The van der Waals surface area contributed by atoms with Gasteiger partial charge >= 0.3 is 11.9 Å². The predicted octanol–water partition coefficient (Wildman–Crippen LogP) is 6.20. The summed E-state index contributed by atoms with van der Waals surface area (Å²) in [6.45, 7) is -0.406. The second-order valence-corrected chi connectivity index (χ2v) is 11.5. The van der Waals surface area contributed by atoms with Gasteiger partial charge in [0.05, 0.1) is 15.8 Å². The van der Waals surface area contributed by atoms with Gasteiger partial charge in [-0.1, -0.05) is 48.0 Å². The maximum absolute atomic E-state index is 11.7. The molecule has 3 aromatic rings. The van der Waals surface area contributed by atoms with Crippen molar-refractivity contribution in [3.63, 3.8) is 0 Å². The quantitative estimate of drug-likeness (QED) is 0.125. The molecule has 0 fully saturated rings. The van der Waals surface area contributed by atoms with E-state index in [-0.39, 0.29) is 17.4 Å². The number of nitrogens with zero attached hydrogens (tertiary/aromatic N) is 1. The summed E-state index contributed by atoms with van der Waals surface area (Å²) in [6.07, 6.45) is 5.46. The molecular weight excluding hydrogens is 544 g/mol. The van der Waals surface area contributed by atoms with Gasteiger partial charge < -0.3 is 15.6 Å². The number of hydrogen-bond acceptors (Lipinski definition) is 7. The molecule has 1 aromatic heterocycles. The van der Waals surface area contributed by atoms with Gasteiger partial charge in [-0.15, -0.1) is 23.5 Å². The standard InChI is InChI=1S/C28H29ClN2O5S2/c29-22-11-9-20-10-13-23(31-24(20)17-22)12-8-19-4-1-5-21(16-19)28(37-14-2-6-26(33)34)38-15-3-7-27(35)36-18-25(30)32/h1,4-5,8-13,16-17,28H,2-3,6-7,14-15,18H2,(H2,30,32)(H,33,34). The number of nitrogens with two attached hydrogens (primary N) is 1. The van der Waals surface area contributed by atoms with Crippen molar-refractivity contribution in [2.75, 3.05) is 18.1 Å². The monoisotopic (exact) mass is 572 g/mol. The number of carbonyl (C=O) groups is 3. The van der Waals surface area contributed by atoms with Crippen molar-refractivity contribution in [1.82, 2.24) is 4.98 Å². The van der Waals surface area contributed by atoms with Gasteiger partial charge in [0.15, 0.2) is 6.61 Å². The van der Waals surface area contributed by atoms with E-state index in [0.717, 1.165) is 27.7 Å². The summed E-state index contributed by atoms with van der Waals surface area (Å²) in [7, 11) is 0. The summed E-state index contributed by atoms with van der Waals surface area (Å²) < 4.78 is 4.87. The molecule has 0 saturated carbocycles. The maximum atomic E-state index is 11.7. The second kappa shape index (κ2) is 15.4. The fourth-order valence-corrected chi connectivity index (χ4v) is 6.33. The molecule has 2 aromatic carbocycles. The van der Waals surface area contributed by atoms with E-state index in [1.165, 1.54) is 0 Å². The van der Waals surface area contributed by atoms with Gasteiger partial charge in [-0.3, -0.25) is 14.4 Å². The van der Waals surface area contributed by atoms with Crippen LogP contribution >= 0.6 is 35.1 Å². The van der Waals surface area contributed by atoms with Crippen molar-refractivity contribution in [3.05, 3.63) is 76.4 Å². The Bertz CT molecular complexity index is 1300. The first-order chi connectivity index (χ1) is 18.3. The first-order valence-electron chi connectivity index (χ1n) is 12.0. The number of rotatable bonds is 15. The minimum absolute atomic E-state index is 0.0692. The first-order valence-corrected chi connectivity index (χ1v) is 14.5. The van der Waals surface area contributed by atoms with E-state index in [2.05, 4.69) is 17.1 Å². The van der Waals surface area contributed by atoms with Crippen LogP contribution in [0.4, 0.5) is 0 Å². The summed E-state index contributed by atoms with van der Waals surface area (Å²) in [5.41, 5.74) is 8.77. The summed E-state index contributed by atoms with van der Waals surface area (Å²) in [4.78, 5) is 38.1. The number of ether oxygens (including phenoxy) is 1. The highest BCUT2D eigenvalue weighted by Gasteiger charge is 2.14. The van der Waals surface area contributed by atoms with Gasteiger partial charge in [0, 0.05) is 23.3 Å². The lowest BCUT2D eigenvalue weighted by Gasteiger charge is -2.17. The van der Waals surface area contributed by atoms with E-state index in [1.54, 1.807) is 23.5 Å². The van der Waals surface area contributed by atoms with Crippen LogP contribution in [0.25, 0.3) is 23.1 Å². The van der Waals surface area contributed by atoms with Crippen LogP contribution in [0.5, 0.6) is 0 Å². The molecule has 10 heteroatoms. The smallest absolute Gasteiger partial charge is 0.306 e. The van der Waals surface area contributed by atoms with Gasteiger partial charge in [0.25, 0.3) is 5.91 Å². The molecule has 38 heavy (non-hydrogen) atoms. The molecule has 0 aliphatic carbocycles. The minimum atomic E-state index is -0.805. The zero-order valence-corrected chi connectivity index (χ0v) is 23.1. The molecule has 200 valence electrons. The average molecular weight is 573 g/mol. The van der Waals surface area contributed by atoms with E-state index in [9.17, 15) is 14.4 Å². The fraction of sp³-hybridized carbons (Fsp3) is 0.286. The summed E-state index contributed by atoms with van der Waals surface area (Å²) >= 11 is 9.49. The van der Waals surface area contributed by atoms with Crippen molar-refractivity contribution >= 4 is 76.0 Å². The van der Waals surface area contributed by atoms with E-state index < -0.39 is 24.5 Å². The second-order valence-electron chi connectivity index (χ2n) is 8.38. The van der Waals surface area contributed by atoms with Crippen LogP contribution in [-0.2, 0) is 19.1 Å². The average Bonchev–Trinajstić information content (AvgIpc) is 2.89.